The Morgan fingerprint density at radius 1 is 1.07 bits per heavy atom. The van der Waals surface area contributed by atoms with E-state index < -0.39 is 23.6 Å². The number of anilines is 2. The number of nitrogens with one attached hydrogen (secondary N) is 2. The van der Waals surface area contributed by atoms with Crippen molar-refractivity contribution in [2.24, 2.45) is 0 Å². The average Bonchev–Trinajstić information content (AvgIpc) is 2.56. The first-order valence-electron chi connectivity index (χ1n) is 7.82. The van der Waals surface area contributed by atoms with Crippen LogP contribution < -0.4 is 10.6 Å². The van der Waals surface area contributed by atoms with E-state index in [4.69, 9.17) is 11.6 Å². The van der Waals surface area contributed by atoms with E-state index in [2.05, 4.69) is 10.6 Å². The number of alkyl halides is 3. The molecule has 0 aliphatic rings. The van der Waals surface area contributed by atoms with Gasteiger partial charge in [0.15, 0.2) is 0 Å². The van der Waals surface area contributed by atoms with Crippen molar-refractivity contribution in [3.05, 3.63) is 53.1 Å². The molecule has 2 aromatic carbocycles. The zero-order valence-corrected chi connectivity index (χ0v) is 15.8. The Balaban J connectivity index is 2.01. The van der Waals surface area contributed by atoms with Crippen molar-refractivity contribution < 1.29 is 22.8 Å². The van der Waals surface area contributed by atoms with Gasteiger partial charge in [-0.05, 0) is 42.5 Å². The Hall–Kier alpha value is -2.19. The molecule has 2 rings (SSSR count). The highest BCUT2D eigenvalue weighted by atomic mass is 35.5. The molecule has 9 heteroatoms. The van der Waals surface area contributed by atoms with Crippen molar-refractivity contribution in [1.82, 2.24) is 0 Å². The summed E-state index contributed by atoms with van der Waals surface area (Å²) >= 11 is 7.19. The molecule has 2 N–H and O–H groups in total. The van der Waals surface area contributed by atoms with Crippen LogP contribution in [-0.4, -0.2) is 17.6 Å². The number of carbonyl (C=O) groups excluding carboxylic acids is 2. The Labute approximate surface area is 163 Å². The molecule has 144 valence electrons. The van der Waals surface area contributed by atoms with Gasteiger partial charge in [-0.1, -0.05) is 11.6 Å². The third kappa shape index (κ3) is 6.80. The summed E-state index contributed by atoms with van der Waals surface area (Å²) < 4.78 is 39.7. The van der Waals surface area contributed by atoms with E-state index in [1.54, 1.807) is 24.3 Å². The minimum absolute atomic E-state index is 0.00566. The van der Waals surface area contributed by atoms with Crippen LogP contribution in [0.15, 0.2) is 47.4 Å². The lowest BCUT2D eigenvalue weighted by atomic mass is 10.1. The summed E-state index contributed by atoms with van der Waals surface area (Å²) in [6.45, 7) is 1.20. The summed E-state index contributed by atoms with van der Waals surface area (Å²) in [5, 5.41) is 5.17. The van der Waals surface area contributed by atoms with Crippen LogP contribution in [0.3, 0.4) is 0 Å². The summed E-state index contributed by atoms with van der Waals surface area (Å²) in [5.41, 5.74) is -1.36. The lowest BCUT2D eigenvalue weighted by molar-refractivity contribution is -0.137. The summed E-state index contributed by atoms with van der Waals surface area (Å²) in [7, 11) is 0. The minimum Gasteiger partial charge on any atom is -0.326 e. The SMILES string of the molecule is CC(=O)Nc1ccc(NC(=O)CCSc2ccc(Cl)cc2)c(C(F)(F)F)c1. The maximum Gasteiger partial charge on any atom is 0.418 e. The van der Waals surface area contributed by atoms with Crippen molar-refractivity contribution in [2.75, 3.05) is 16.4 Å². The summed E-state index contributed by atoms with van der Waals surface area (Å²) in [4.78, 5) is 23.9. The number of rotatable bonds is 6. The quantitative estimate of drug-likeness (QED) is 0.616. The molecule has 0 atom stereocenters. The molecule has 0 spiro atoms. The fourth-order valence-corrected chi connectivity index (χ4v) is 3.15. The second kappa shape index (κ2) is 9.14. The summed E-state index contributed by atoms with van der Waals surface area (Å²) in [6.07, 6.45) is -4.63. The fraction of sp³-hybridized carbons (Fsp3) is 0.222. The molecule has 0 saturated heterocycles. The van der Waals surface area contributed by atoms with E-state index in [9.17, 15) is 22.8 Å². The highest BCUT2D eigenvalue weighted by Gasteiger charge is 2.34. The molecule has 0 aliphatic carbocycles. The zero-order valence-electron chi connectivity index (χ0n) is 14.2. The first-order valence-corrected chi connectivity index (χ1v) is 9.18. The van der Waals surface area contributed by atoms with Gasteiger partial charge in [0.25, 0.3) is 0 Å². The molecular formula is C18H16ClF3N2O2S. The third-order valence-corrected chi connectivity index (χ3v) is 4.60. The van der Waals surface area contributed by atoms with Crippen molar-refractivity contribution >= 4 is 46.6 Å². The first kappa shape index (κ1) is 21.1. The average molecular weight is 417 g/mol. The van der Waals surface area contributed by atoms with Crippen LogP contribution in [0.4, 0.5) is 24.5 Å². The number of thioether (sulfide) groups is 1. The lowest BCUT2D eigenvalue weighted by Gasteiger charge is -2.15. The molecule has 2 amide bonds. The topological polar surface area (TPSA) is 58.2 Å². The number of halogens is 4. The van der Waals surface area contributed by atoms with Crippen LogP contribution in [0.25, 0.3) is 0 Å². The highest BCUT2D eigenvalue weighted by molar-refractivity contribution is 7.99. The number of benzene rings is 2. The van der Waals surface area contributed by atoms with Gasteiger partial charge in [0.2, 0.25) is 11.8 Å². The largest absolute Gasteiger partial charge is 0.418 e. The first-order chi connectivity index (χ1) is 12.6. The molecule has 0 saturated carbocycles. The molecule has 27 heavy (non-hydrogen) atoms. The normalized spacial score (nSPS) is 11.1. The van der Waals surface area contributed by atoms with E-state index in [-0.39, 0.29) is 17.8 Å². The van der Waals surface area contributed by atoms with Crippen LogP contribution in [0, 0.1) is 0 Å². The van der Waals surface area contributed by atoms with Crippen molar-refractivity contribution in [2.45, 2.75) is 24.4 Å². The predicted molar refractivity (Wildman–Crippen MR) is 101 cm³/mol. The van der Waals surface area contributed by atoms with E-state index in [0.717, 1.165) is 17.0 Å². The number of hydrogen-bond acceptors (Lipinski definition) is 3. The van der Waals surface area contributed by atoms with Gasteiger partial charge in [0.1, 0.15) is 0 Å². The lowest BCUT2D eigenvalue weighted by Crippen LogP contribution is -2.17. The summed E-state index contributed by atoms with van der Waals surface area (Å²) in [6, 6.07) is 10.2. The molecule has 4 nitrogen and oxygen atoms in total. The van der Waals surface area contributed by atoms with Gasteiger partial charge in [-0.15, -0.1) is 11.8 Å². The van der Waals surface area contributed by atoms with Crippen LogP contribution >= 0.6 is 23.4 Å². The van der Waals surface area contributed by atoms with E-state index in [0.29, 0.717) is 10.8 Å². The van der Waals surface area contributed by atoms with Gasteiger partial charge < -0.3 is 10.6 Å². The standard InChI is InChI=1S/C18H16ClF3N2O2S/c1-11(25)23-13-4-7-16(15(10-13)18(20,21)22)24-17(26)8-9-27-14-5-2-12(19)3-6-14/h2-7,10H,8-9H2,1H3,(H,23,25)(H,24,26). The van der Waals surface area contributed by atoms with Gasteiger partial charge in [0, 0.05) is 34.7 Å². The molecule has 0 radical (unpaired) electrons. The monoisotopic (exact) mass is 416 g/mol. The Kier molecular flexibility index (Phi) is 7.15. The van der Waals surface area contributed by atoms with Gasteiger partial charge >= 0.3 is 6.18 Å². The van der Waals surface area contributed by atoms with Crippen molar-refractivity contribution in [3.63, 3.8) is 0 Å². The molecule has 0 heterocycles. The maximum absolute atomic E-state index is 13.2. The zero-order chi connectivity index (χ0) is 20.0. The third-order valence-electron chi connectivity index (χ3n) is 3.33. The molecule has 0 unspecified atom stereocenters. The number of carbonyl (C=O) groups is 2. The van der Waals surface area contributed by atoms with E-state index in [1.165, 1.54) is 24.8 Å². The fourth-order valence-electron chi connectivity index (χ4n) is 2.17. The molecule has 0 aliphatic heterocycles. The molecule has 2 aromatic rings. The molecular weight excluding hydrogens is 401 g/mol. The van der Waals surface area contributed by atoms with Gasteiger partial charge in [-0.25, -0.2) is 0 Å². The van der Waals surface area contributed by atoms with Crippen LogP contribution in [0.1, 0.15) is 18.9 Å². The molecule has 0 fully saturated rings. The minimum atomic E-state index is -4.67. The second-order valence-electron chi connectivity index (χ2n) is 5.54. The van der Waals surface area contributed by atoms with Crippen LogP contribution in [0.2, 0.25) is 5.02 Å². The predicted octanol–water partition coefficient (Wildman–Crippen LogP) is 5.44. The highest BCUT2D eigenvalue weighted by Crippen LogP contribution is 2.36. The smallest absolute Gasteiger partial charge is 0.326 e. The number of hydrogen-bond donors (Lipinski definition) is 2. The van der Waals surface area contributed by atoms with Gasteiger partial charge in [-0.3, -0.25) is 9.59 Å². The van der Waals surface area contributed by atoms with E-state index >= 15 is 0 Å². The number of amides is 2. The summed E-state index contributed by atoms with van der Waals surface area (Å²) in [5.74, 6) is -0.618. The Morgan fingerprint density at radius 2 is 1.74 bits per heavy atom. The van der Waals surface area contributed by atoms with Crippen molar-refractivity contribution in [3.8, 4) is 0 Å². The molecule has 0 aromatic heterocycles. The van der Waals surface area contributed by atoms with Gasteiger partial charge in [-0.2, -0.15) is 13.2 Å². The Morgan fingerprint density at radius 3 is 2.33 bits per heavy atom. The van der Waals surface area contributed by atoms with Gasteiger partial charge in [0.05, 0.1) is 11.3 Å². The van der Waals surface area contributed by atoms with Crippen LogP contribution in [-0.2, 0) is 15.8 Å². The van der Waals surface area contributed by atoms with Crippen LogP contribution in [0.5, 0.6) is 0 Å². The Bertz CT molecular complexity index is 826. The maximum atomic E-state index is 13.2. The van der Waals surface area contributed by atoms with Crippen molar-refractivity contribution in [1.29, 1.82) is 0 Å². The second-order valence-corrected chi connectivity index (χ2v) is 7.14. The molecule has 0 bridgehead atoms. The van der Waals surface area contributed by atoms with E-state index in [1.807, 2.05) is 0 Å².